The largest absolute Gasteiger partial charge is 0.299 e. The van der Waals surface area contributed by atoms with E-state index >= 15 is 0 Å². The van der Waals surface area contributed by atoms with Crippen LogP contribution in [0.25, 0.3) is 0 Å². The van der Waals surface area contributed by atoms with Gasteiger partial charge < -0.3 is 0 Å². The molecule has 86 valence electrons. The van der Waals surface area contributed by atoms with Crippen molar-refractivity contribution in [2.24, 2.45) is 5.92 Å². The number of allylic oxidation sites excluding steroid dienone is 8. The first-order valence-corrected chi connectivity index (χ1v) is 6.05. The van der Waals surface area contributed by atoms with Crippen molar-refractivity contribution in [1.29, 1.82) is 0 Å². The highest BCUT2D eigenvalue weighted by molar-refractivity contribution is 5.65. The topological polar surface area (TPSA) is 17.1 Å². The average molecular weight is 216 g/mol. The van der Waals surface area contributed by atoms with Gasteiger partial charge in [0.2, 0.25) is 0 Å². The second-order valence-electron chi connectivity index (χ2n) is 4.07. The zero-order valence-electron chi connectivity index (χ0n) is 9.72. The molecule has 1 heteroatoms. The third-order valence-corrected chi connectivity index (χ3v) is 2.78. The number of rotatable bonds is 5. The van der Waals surface area contributed by atoms with Gasteiger partial charge in [0, 0.05) is 0 Å². The Morgan fingerprint density at radius 3 is 1.88 bits per heavy atom. The molecule has 1 fully saturated rings. The normalized spacial score (nSPS) is 19.5. The summed E-state index contributed by atoms with van der Waals surface area (Å²) < 4.78 is 0. The van der Waals surface area contributed by atoms with Gasteiger partial charge in [-0.15, -0.1) is 0 Å². The maximum absolute atomic E-state index is 9.97. The van der Waals surface area contributed by atoms with Crippen molar-refractivity contribution in [3.05, 3.63) is 48.6 Å². The van der Waals surface area contributed by atoms with Crippen LogP contribution in [-0.2, 0) is 4.79 Å². The summed E-state index contributed by atoms with van der Waals surface area (Å²) in [4.78, 5) is 9.97. The van der Waals surface area contributed by atoms with Crippen molar-refractivity contribution >= 4 is 6.29 Å². The second-order valence-corrected chi connectivity index (χ2v) is 4.07. The molecule has 0 aromatic rings. The molecule has 1 nitrogen and oxygen atoms in total. The van der Waals surface area contributed by atoms with Crippen molar-refractivity contribution in [2.75, 3.05) is 0 Å². The molecular weight excluding hydrogens is 196 g/mol. The molecular formula is C15H20O. The molecule has 0 aromatic heterocycles. The minimum atomic E-state index is 0.775. The molecule has 0 saturated heterocycles. The van der Waals surface area contributed by atoms with Crippen LogP contribution in [0.2, 0.25) is 0 Å². The summed E-state index contributed by atoms with van der Waals surface area (Å²) in [6.07, 6.45) is 23.1. The quantitative estimate of drug-likeness (QED) is 0.386. The zero-order chi connectivity index (χ0) is 11.5. The smallest absolute Gasteiger partial charge is 0.142 e. The molecule has 0 amide bonds. The van der Waals surface area contributed by atoms with Crippen molar-refractivity contribution in [2.45, 2.75) is 32.1 Å². The first-order chi connectivity index (χ1) is 7.93. The fourth-order valence-corrected chi connectivity index (χ4v) is 1.91. The van der Waals surface area contributed by atoms with Crippen LogP contribution < -0.4 is 0 Å². The molecule has 0 N–H and O–H groups in total. The van der Waals surface area contributed by atoms with Gasteiger partial charge >= 0.3 is 0 Å². The molecule has 0 heterocycles. The molecule has 1 aliphatic carbocycles. The monoisotopic (exact) mass is 216 g/mol. The second kappa shape index (κ2) is 8.90. The van der Waals surface area contributed by atoms with Gasteiger partial charge in [0.25, 0.3) is 0 Å². The van der Waals surface area contributed by atoms with Crippen LogP contribution in [0.4, 0.5) is 0 Å². The highest BCUT2D eigenvalue weighted by Gasteiger charge is 2.08. The first-order valence-electron chi connectivity index (χ1n) is 6.05. The Morgan fingerprint density at radius 2 is 1.25 bits per heavy atom. The summed E-state index contributed by atoms with van der Waals surface area (Å²) in [7, 11) is 0. The van der Waals surface area contributed by atoms with Gasteiger partial charge in [-0.1, -0.05) is 61.8 Å². The average Bonchev–Trinajstić information content (AvgIpc) is 2.34. The first kappa shape index (κ1) is 12.7. The van der Waals surface area contributed by atoms with E-state index in [4.69, 9.17) is 0 Å². The van der Waals surface area contributed by atoms with Crippen LogP contribution in [-0.4, -0.2) is 6.29 Å². The fourth-order valence-electron chi connectivity index (χ4n) is 1.91. The maximum atomic E-state index is 9.97. The van der Waals surface area contributed by atoms with Crippen molar-refractivity contribution in [3.63, 3.8) is 0 Å². The lowest BCUT2D eigenvalue weighted by Crippen LogP contribution is -2.02. The van der Waals surface area contributed by atoms with E-state index in [9.17, 15) is 4.79 Å². The van der Waals surface area contributed by atoms with E-state index in [1.807, 2.05) is 24.3 Å². The van der Waals surface area contributed by atoms with Crippen LogP contribution >= 0.6 is 0 Å². The van der Waals surface area contributed by atoms with Crippen molar-refractivity contribution < 1.29 is 4.79 Å². The van der Waals surface area contributed by atoms with Gasteiger partial charge in [-0.05, 0) is 24.8 Å². The van der Waals surface area contributed by atoms with Gasteiger partial charge in [-0.2, -0.15) is 0 Å². The van der Waals surface area contributed by atoms with Gasteiger partial charge in [-0.3, -0.25) is 4.79 Å². The molecule has 1 rings (SSSR count). The van der Waals surface area contributed by atoms with Crippen LogP contribution in [0.3, 0.4) is 0 Å². The minimum absolute atomic E-state index is 0.775. The predicted molar refractivity (Wildman–Crippen MR) is 69.2 cm³/mol. The summed E-state index contributed by atoms with van der Waals surface area (Å²) in [5, 5.41) is 0. The number of carbonyl (C=O) groups is 1. The van der Waals surface area contributed by atoms with E-state index in [2.05, 4.69) is 12.2 Å². The lowest BCUT2D eigenvalue weighted by atomic mass is 9.89. The SMILES string of the molecule is O=C/C=C/C=C/C=C/C=C/C1CCCCC1. The molecule has 0 aliphatic heterocycles. The van der Waals surface area contributed by atoms with Crippen LogP contribution in [0.15, 0.2) is 48.6 Å². The van der Waals surface area contributed by atoms with E-state index in [1.54, 1.807) is 6.08 Å². The van der Waals surface area contributed by atoms with Gasteiger partial charge in [0.1, 0.15) is 6.29 Å². The Labute approximate surface area is 98.2 Å². The third kappa shape index (κ3) is 6.18. The Bertz CT molecular complexity index is 289. The highest BCUT2D eigenvalue weighted by atomic mass is 16.1. The maximum Gasteiger partial charge on any atom is 0.142 e. The molecule has 0 spiro atoms. The number of aldehydes is 1. The Morgan fingerprint density at radius 1 is 0.688 bits per heavy atom. The van der Waals surface area contributed by atoms with E-state index < -0.39 is 0 Å². The summed E-state index contributed by atoms with van der Waals surface area (Å²) in [6.45, 7) is 0. The van der Waals surface area contributed by atoms with Crippen LogP contribution in [0.1, 0.15) is 32.1 Å². The Balaban J connectivity index is 2.19. The fraction of sp³-hybridized carbons (Fsp3) is 0.400. The number of hydrogen-bond acceptors (Lipinski definition) is 1. The molecule has 0 atom stereocenters. The molecule has 1 saturated carbocycles. The molecule has 0 unspecified atom stereocenters. The van der Waals surface area contributed by atoms with Crippen LogP contribution in [0.5, 0.6) is 0 Å². The van der Waals surface area contributed by atoms with Crippen molar-refractivity contribution in [1.82, 2.24) is 0 Å². The van der Waals surface area contributed by atoms with Gasteiger partial charge in [0.05, 0.1) is 0 Å². The van der Waals surface area contributed by atoms with E-state index in [0.29, 0.717) is 0 Å². The molecule has 0 bridgehead atoms. The lowest BCUT2D eigenvalue weighted by molar-refractivity contribution is -0.104. The summed E-state index contributed by atoms with van der Waals surface area (Å²) in [6, 6.07) is 0. The predicted octanol–water partition coefficient (Wildman–Crippen LogP) is 3.99. The van der Waals surface area contributed by atoms with Crippen molar-refractivity contribution in [3.8, 4) is 0 Å². The summed E-state index contributed by atoms with van der Waals surface area (Å²) in [5.74, 6) is 0.789. The molecule has 1 aliphatic rings. The summed E-state index contributed by atoms with van der Waals surface area (Å²) >= 11 is 0. The molecule has 0 aromatic carbocycles. The highest BCUT2D eigenvalue weighted by Crippen LogP contribution is 2.24. The Hall–Kier alpha value is -1.37. The van der Waals surface area contributed by atoms with E-state index in [1.165, 1.54) is 38.2 Å². The standard InChI is InChI=1S/C15H20O/c16-14-10-5-3-1-2-4-7-11-15-12-8-6-9-13-15/h1-5,7,10-11,14-15H,6,8-9,12-13H2/b3-1+,4-2+,10-5+,11-7+. The van der Waals surface area contributed by atoms with Gasteiger partial charge in [-0.25, -0.2) is 0 Å². The Kier molecular flexibility index (Phi) is 7.06. The van der Waals surface area contributed by atoms with Crippen LogP contribution in [0, 0.1) is 5.92 Å². The number of hydrogen-bond donors (Lipinski definition) is 0. The molecule has 0 radical (unpaired) electrons. The third-order valence-electron chi connectivity index (χ3n) is 2.78. The number of carbonyl (C=O) groups excluding carboxylic acids is 1. The zero-order valence-corrected chi connectivity index (χ0v) is 9.72. The van der Waals surface area contributed by atoms with E-state index in [0.717, 1.165) is 12.2 Å². The van der Waals surface area contributed by atoms with E-state index in [-0.39, 0.29) is 0 Å². The summed E-state index contributed by atoms with van der Waals surface area (Å²) in [5.41, 5.74) is 0. The minimum Gasteiger partial charge on any atom is -0.299 e. The van der Waals surface area contributed by atoms with Gasteiger partial charge in [0.15, 0.2) is 0 Å². The lowest BCUT2D eigenvalue weighted by Gasteiger charge is -2.17. The molecule has 16 heavy (non-hydrogen) atoms.